The minimum atomic E-state index is -0.701. The SMILES string of the molecule is CCCCOc1ccc(/C(O)=C2\C(=O)C(=O)N(CCOC)C2c2ccc(Br)cc2)cc1C. The van der Waals surface area contributed by atoms with Crippen LogP contribution in [0.4, 0.5) is 0 Å². The number of carbonyl (C=O) groups is 2. The van der Waals surface area contributed by atoms with Crippen LogP contribution in [0.1, 0.15) is 42.5 Å². The lowest BCUT2D eigenvalue weighted by Gasteiger charge is -2.25. The van der Waals surface area contributed by atoms with Crippen molar-refractivity contribution >= 4 is 33.4 Å². The van der Waals surface area contributed by atoms with E-state index in [2.05, 4.69) is 22.9 Å². The van der Waals surface area contributed by atoms with Gasteiger partial charge in [-0.25, -0.2) is 0 Å². The van der Waals surface area contributed by atoms with E-state index in [-0.39, 0.29) is 24.5 Å². The lowest BCUT2D eigenvalue weighted by Crippen LogP contribution is -2.32. The first-order valence-corrected chi connectivity index (χ1v) is 11.4. The van der Waals surface area contributed by atoms with Crippen LogP contribution in [0.3, 0.4) is 0 Å². The third kappa shape index (κ3) is 5.05. The molecule has 3 rings (SSSR count). The summed E-state index contributed by atoms with van der Waals surface area (Å²) in [6.07, 6.45) is 2.00. The Morgan fingerprint density at radius 2 is 1.84 bits per heavy atom. The minimum Gasteiger partial charge on any atom is -0.507 e. The second-order valence-electron chi connectivity index (χ2n) is 7.72. The number of carbonyl (C=O) groups excluding carboxylic acids is 2. The summed E-state index contributed by atoms with van der Waals surface area (Å²) in [4.78, 5) is 27.3. The molecule has 1 N–H and O–H groups in total. The van der Waals surface area contributed by atoms with Gasteiger partial charge in [0.25, 0.3) is 11.7 Å². The van der Waals surface area contributed by atoms with Gasteiger partial charge in [-0.15, -0.1) is 0 Å². The van der Waals surface area contributed by atoms with Crippen molar-refractivity contribution in [1.82, 2.24) is 4.90 Å². The van der Waals surface area contributed by atoms with Gasteiger partial charge in [0.05, 0.1) is 24.8 Å². The third-order valence-electron chi connectivity index (χ3n) is 5.47. The van der Waals surface area contributed by atoms with Crippen molar-refractivity contribution in [1.29, 1.82) is 0 Å². The Labute approximate surface area is 197 Å². The summed E-state index contributed by atoms with van der Waals surface area (Å²) in [5.74, 6) is -0.806. The zero-order valence-corrected chi connectivity index (χ0v) is 20.1. The molecule has 1 aliphatic rings. The number of aliphatic hydroxyl groups excluding tert-OH is 1. The number of likely N-dealkylation sites (tertiary alicyclic amines) is 1. The average molecular weight is 502 g/mol. The van der Waals surface area contributed by atoms with Crippen molar-refractivity contribution in [2.24, 2.45) is 0 Å². The molecule has 32 heavy (non-hydrogen) atoms. The molecule has 7 heteroatoms. The standard InChI is InChI=1S/C25H28BrNO5/c1-4-5-13-32-20-11-8-18(15-16(20)2)23(28)21-22(17-6-9-19(26)10-7-17)27(12-14-31-3)25(30)24(21)29/h6-11,15,22,28H,4-5,12-14H2,1-3H3/b23-21+. The van der Waals surface area contributed by atoms with E-state index in [9.17, 15) is 14.7 Å². The lowest BCUT2D eigenvalue weighted by molar-refractivity contribution is -0.140. The molecule has 1 unspecified atom stereocenters. The fourth-order valence-corrected chi connectivity index (χ4v) is 4.00. The number of rotatable bonds is 9. The number of methoxy groups -OCH3 is 1. The van der Waals surface area contributed by atoms with Crippen LogP contribution in [0.25, 0.3) is 5.76 Å². The van der Waals surface area contributed by atoms with E-state index in [1.165, 1.54) is 12.0 Å². The van der Waals surface area contributed by atoms with Gasteiger partial charge in [0, 0.05) is 23.7 Å². The molecule has 0 radical (unpaired) electrons. The molecule has 2 aromatic carbocycles. The first-order valence-electron chi connectivity index (χ1n) is 10.7. The van der Waals surface area contributed by atoms with Gasteiger partial charge in [0.2, 0.25) is 0 Å². The first-order chi connectivity index (χ1) is 15.4. The van der Waals surface area contributed by atoms with Crippen molar-refractivity contribution in [3.05, 3.63) is 69.2 Å². The number of nitrogens with zero attached hydrogens (tertiary/aromatic N) is 1. The van der Waals surface area contributed by atoms with Crippen molar-refractivity contribution in [3.63, 3.8) is 0 Å². The van der Waals surface area contributed by atoms with Crippen LogP contribution in [0.5, 0.6) is 5.75 Å². The van der Waals surface area contributed by atoms with E-state index in [1.54, 1.807) is 18.2 Å². The Morgan fingerprint density at radius 3 is 2.47 bits per heavy atom. The first kappa shape index (κ1) is 24.0. The van der Waals surface area contributed by atoms with E-state index in [1.807, 2.05) is 31.2 Å². The molecule has 0 spiro atoms. The number of aryl methyl sites for hydroxylation is 1. The number of Topliss-reactive ketones (excluding diaryl/α,β-unsaturated/α-hetero) is 1. The molecule has 2 aromatic rings. The number of aliphatic hydroxyl groups is 1. The maximum Gasteiger partial charge on any atom is 0.295 e. The zero-order chi connectivity index (χ0) is 23.3. The lowest BCUT2D eigenvalue weighted by atomic mass is 9.95. The van der Waals surface area contributed by atoms with E-state index < -0.39 is 17.7 Å². The number of unbranched alkanes of at least 4 members (excludes halogenated alkanes) is 1. The summed E-state index contributed by atoms with van der Waals surface area (Å²) in [5, 5.41) is 11.2. The summed E-state index contributed by atoms with van der Waals surface area (Å²) in [6, 6.07) is 11.9. The van der Waals surface area contributed by atoms with Gasteiger partial charge >= 0.3 is 0 Å². The van der Waals surface area contributed by atoms with Gasteiger partial charge in [-0.1, -0.05) is 41.4 Å². The maximum atomic E-state index is 13.0. The van der Waals surface area contributed by atoms with Gasteiger partial charge in [-0.05, 0) is 54.8 Å². The number of halogens is 1. The van der Waals surface area contributed by atoms with Crippen LogP contribution in [0.15, 0.2) is 52.5 Å². The summed E-state index contributed by atoms with van der Waals surface area (Å²) < 4.78 is 11.8. The Kier molecular flexibility index (Phi) is 8.10. The summed E-state index contributed by atoms with van der Waals surface area (Å²) in [5.41, 5.74) is 2.13. The average Bonchev–Trinajstić information content (AvgIpc) is 3.03. The van der Waals surface area contributed by atoms with Crippen LogP contribution in [0, 0.1) is 6.92 Å². The van der Waals surface area contributed by atoms with Crippen molar-refractivity contribution in [2.45, 2.75) is 32.7 Å². The van der Waals surface area contributed by atoms with E-state index in [4.69, 9.17) is 9.47 Å². The van der Waals surface area contributed by atoms with Crippen LogP contribution in [0.2, 0.25) is 0 Å². The molecule has 1 atom stereocenters. The molecule has 1 aliphatic heterocycles. The molecule has 0 aromatic heterocycles. The molecule has 0 bridgehead atoms. The topological polar surface area (TPSA) is 76.1 Å². The molecular weight excluding hydrogens is 474 g/mol. The van der Waals surface area contributed by atoms with Crippen molar-refractivity contribution in [3.8, 4) is 5.75 Å². The van der Waals surface area contributed by atoms with Crippen molar-refractivity contribution < 1.29 is 24.2 Å². The summed E-state index contributed by atoms with van der Waals surface area (Å²) in [7, 11) is 1.54. The second kappa shape index (κ2) is 10.8. The summed E-state index contributed by atoms with van der Waals surface area (Å²) in [6.45, 7) is 5.13. The monoisotopic (exact) mass is 501 g/mol. The van der Waals surface area contributed by atoms with E-state index >= 15 is 0 Å². The third-order valence-corrected chi connectivity index (χ3v) is 5.99. The van der Waals surface area contributed by atoms with Gasteiger partial charge in [0.1, 0.15) is 11.5 Å². The minimum absolute atomic E-state index is 0.0764. The van der Waals surface area contributed by atoms with Crippen molar-refractivity contribution in [2.75, 3.05) is 26.9 Å². The van der Waals surface area contributed by atoms with Crippen LogP contribution < -0.4 is 4.74 Å². The van der Waals surface area contributed by atoms with E-state index in [0.29, 0.717) is 12.2 Å². The van der Waals surface area contributed by atoms with Crippen LogP contribution in [-0.4, -0.2) is 48.6 Å². The molecule has 1 saturated heterocycles. The molecule has 0 saturated carbocycles. The highest BCUT2D eigenvalue weighted by atomic mass is 79.9. The molecule has 1 amide bonds. The number of hydrogen-bond donors (Lipinski definition) is 1. The second-order valence-corrected chi connectivity index (χ2v) is 8.63. The smallest absolute Gasteiger partial charge is 0.295 e. The highest BCUT2D eigenvalue weighted by molar-refractivity contribution is 9.10. The zero-order valence-electron chi connectivity index (χ0n) is 18.6. The molecule has 1 fully saturated rings. The molecule has 170 valence electrons. The number of amides is 1. The maximum absolute atomic E-state index is 13.0. The normalized spacial score (nSPS) is 17.8. The quantitative estimate of drug-likeness (QED) is 0.226. The molecular formula is C25H28BrNO5. The predicted molar refractivity (Wildman–Crippen MR) is 127 cm³/mol. The van der Waals surface area contributed by atoms with Gasteiger partial charge in [0.15, 0.2) is 0 Å². The van der Waals surface area contributed by atoms with Crippen LogP contribution in [-0.2, 0) is 14.3 Å². The Hall–Kier alpha value is -2.64. The number of ether oxygens (including phenoxy) is 2. The molecule has 0 aliphatic carbocycles. The number of hydrogen-bond acceptors (Lipinski definition) is 5. The van der Waals surface area contributed by atoms with Gasteiger partial charge in [-0.2, -0.15) is 0 Å². The van der Waals surface area contributed by atoms with E-state index in [0.717, 1.165) is 34.2 Å². The fourth-order valence-electron chi connectivity index (χ4n) is 3.73. The van der Waals surface area contributed by atoms with Crippen LogP contribution >= 0.6 is 15.9 Å². The van der Waals surface area contributed by atoms with Gasteiger partial charge < -0.3 is 19.5 Å². The Morgan fingerprint density at radius 1 is 1.12 bits per heavy atom. The number of benzene rings is 2. The summed E-state index contributed by atoms with van der Waals surface area (Å²) >= 11 is 3.41. The highest BCUT2D eigenvalue weighted by Crippen LogP contribution is 2.40. The predicted octanol–water partition coefficient (Wildman–Crippen LogP) is 5.00. The molecule has 6 nitrogen and oxygen atoms in total. The fraction of sp³-hybridized carbons (Fsp3) is 0.360. The largest absolute Gasteiger partial charge is 0.507 e. The van der Waals surface area contributed by atoms with Gasteiger partial charge in [-0.3, -0.25) is 9.59 Å². The Bertz CT molecular complexity index is 1020. The Balaban J connectivity index is 2.04. The number of ketones is 1. The molecule has 1 heterocycles. The highest BCUT2D eigenvalue weighted by Gasteiger charge is 2.45.